The van der Waals surface area contributed by atoms with Gasteiger partial charge in [-0.15, -0.1) is 0 Å². The monoisotopic (exact) mass is 346 g/mol. The van der Waals surface area contributed by atoms with Gasteiger partial charge in [-0.2, -0.15) is 0 Å². The molecule has 1 heterocycles. The molecule has 0 aliphatic rings. The third kappa shape index (κ3) is 3.38. The Balaban J connectivity index is 2.08. The Bertz CT molecular complexity index is 964. The van der Waals surface area contributed by atoms with E-state index in [1.807, 2.05) is 24.3 Å². The molecule has 6 heteroatoms. The molecule has 0 fully saturated rings. The highest BCUT2D eigenvalue weighted by molar-refractivity contribution is 6.50. The number of nitrogens with zero attached hydrogens (tertiary/aromatic N) is 1. The van der Waals surface area contributed by atoms with Gasteiger partial charge in [-0.1, -0.05) is 35.3 Å². The van der Waals surface area contributed by atoms with Crippen LogP contribution in [0.25, 0.3) is 22.0 Å². The molecule has 1 aromatic heterocycles. The summed E-state index contributed by atoms with van der Waals surface area (Å²) in [5.74, 6) is 1.00. The van der Waals surface area contributed by atoms with Gasteiger partial charge in [-0.05, 0) is 42.0 Å². The van der Waals surface area contributed by atoms with Gasteiger partial charge in [0.1, 0.15) is 5.75 Å². The van der Waals surface area contributed by atoms with E-state index in [1.54, 1.807) is 31.4 Å². The quantitative estimate of drug-likeness (QED) is 0.768. The van der Waals surface area contributed by atoms with Crippen LogP contribution in [0.5, 0.6) is 5.75 Å². The van der Waals surface area contributed by atoms with Crippen molar-refractivity contribution in [1.82, 2.24) is 9.97 Å². The van der Waals surface area contributed by atoms with Crippen molar-refractivity contribution in [3.05, 3.63) is 69.2 Å². The van der Waals surface area contributed by atoms with Crippen LogP contribution in [-0.2, 0) is 0 Å². The van der Waals surface area contributed by atoms with Crippen molar-refractivity contribution >= 4 is 45.2 Å². The zero-order valence-corrected chi connectivity index (χ0v) is 13.7. The third-order valence-electron chi connectivity index (χ3n) is 3.28. The van der Waals surface area contributed by atoms with Crippen molar-refractivity contribution in [2.45, 2.75) is 0 Å². The summed E-state index contributed by atoms with van der Waals surface area (Å²) in [5, 5.41) is 1.29. The average molecular weight is 347 g/mol. The molecular formula is C17H12Cl2N2O2. The molecule has 0 aliphatic carbocycles. The maximum absolute atomic E-state index is 12.1. The summed E-state index contributed by atoms with van der Waals surface area (Å²) in [6.45, 7) is 0. The van der Waals surface area contributed by atoms with E-state index >= 15 is 0 Å². The summed E-state index contributed by atoms with van der Waals surface area (Å²) in [6, 6.07) is 12.3. The second kappa shape index (κ2) is 6.44. The Morgan fingerprint density at radius 3 is 2.87 bits per heavy atom. The van der Waals surface area contributed by atoms with Gasteiger partial charge in [-0.3, -0.25) is 4.79 Å². The Hall–Kier alpha value is -2.30. The van der Waals surface area contributed by atoms with E-state index in [0.717, 1.165) is 11.3 Å². The molecule has 0 amide bonds. The number of nitrogens with one attached hydrogen (secondary N) is 1. The van der Waals surface area contributed by atoms with Gasteiger partial charge in [0, 0.05) is 5.02 Å². The summed E-state index contributed by atoms with van der Waals surface area (Å²) in [5.41, 5.74) is 1.07. The summed E-state index contributed by atoms with van der Waals surface area (Å²) >= 11 is 12.3. The molecule has 0 spiro atoms. The SMILES string of the molecule is COc1cccc(/C=C(\Cl)c2nc3cc(Cl)ccc3c(=O)[nH]2)c1. The molecule has 0 atom stereocenters. The minimum absolute atomic E-state index is 0.265. The highest BCUT2D eigenvalue weighted by Crippen LogP contribution is 2.23. The minimum atomic E-state index is -0.265. The molecule has 2 aromatic carbocycles. The van der Waals surface area contributed by atoms with Crippen LogP contribution in [0.2, 0.25) is 5.02 Å². The largest absolute Gasteiger partial charge is 0.497 e. The second-order valence-electron chi connectivity index (χ2n) is 4.84. The van der Waals surface area contributed by atoms with E-state index in [0.29, 0.717) is 21.0 Å². The lowest BCUT2D eigenvalue weighted by Crippen LogP contribution is -2.10. The van der Waals surface area contributed by atoms with E-state index in [-0.39, 0.29) is 11.4 Å². The van der Waals surface area contributed by atoms with Crippen LogP contribution in [0.3, 0.4) is 0 Å². The topological polar surface area (TPSA) is 55.0 Å². The van der Waals surface area contributed by atoms with Gasteiger partial charge in [0.2, 0.25) is 0 Å². The first-order valence-electron chi connectivity index (χ1n) is 6.78. The van der Waals surface area contributed by atoms with Gasteiger partial charge in [0.15, 0.2) is 5.82 Å². The lowest BCUT2D eigenvalue weighted by molar-refractivity contribution is 0.414. The number of benzene rings is 2. The predicted molar refractivity (Wildman–Crippen MR) is 94.1 cm³/mol. The van der Waals surface area contributed by atoms with E-state index in [2.05, 4.69) is 9.97 Å². The van der Waals surface area contributed by atoms with Gasteiger partial charge in [0.05, 0.1) is 23.0 Å². The number of aromatic amines is 1. The van der Waals surface area contributed by atoms with Crippen molar-refractivity contribution < 1.29 is 4.74 Å². The van der Waals surface area contributed by atoms with Crippen LogP contribution in [0.1, 0.15) is 11.4 Å². The minimum Gasteiger partial charge on any atom is -0.497 e. The number of fused-ring (bicyclic) bond motifs is 1. The first kappa shape index (κ1) is 15.6. The van der Waals surface area contributed by atoms with Crippen molar-refractivity contribution in [1.29, 1.82) is 0 Å². The highest BCUT2D eigenvalue weighted by atomic mass is 35.5. The predicted octanol–water partition coefficient (Wildman–Crippen LogP) is 4.32. The zero-order valence-electron chi connectivity index (χ0n) is 12.1. The van der Waals surface area contributed by atoms with Gasteiger partial charge >= 0.3 is 0 Å². The summed E-state index contributed by atoms with van der Waals surface area (Å²) in [6.07, 6.45) is 1.71. The van der Waals surface area contributed by atoms with Gasteiger partial charge in [0.25, 0.3) is 5.56 Å². The smallest absolute Gasteiger partial charge is 0.259 e. The fourth-order valence-corrected chi connectivity index (χ4v) is 2.55. The van der Waals surface area contributed by atoms with Crippen LogP contribution in [0.4, 0.5) is 0 Å². The van der Waals surface area contributed by atoms with Crippen molar-refractivity contribution in [3.63, 3.8) is 0 Å². The molecule has 1 N–H and O–H groups in total. The van der Waals surface area contributed by atoms with Crippen LogP contribution >= 0.6 is 23.2 Å². The lowest BCUT2D eigenvalue weighted by atomic mass is 10.2. The number of hydrogen-bond acceptors (Lipinski definition) is 3. The Morgan fingerprint density at radius 1 is 1.26 bits per heavy atom. The number of hydrogen-bond donors (Lipinski definition) is 1. The molecule has 116 valence electrons. The first-order chi connectivity index (χ1) is 11.1. The summed E-state index contributed by atoms with van der Waals surface area (Å²) in [4.78, 5) is 19.2. The maximum atomic E-state index is 12.1. The fourth-order valence-electron chi connectivity index (χ4n) is 2.17. The highest BCUT2D eigenvalue weighted by Gasteiger charge is 2.07. The Kier molecular flexibility index (Phi) is 4.37. The molecular weight excluding hydrogens is 335 g/mol. The fraction of sp³-hybridized carbons (Fsp3) is 0.0588. The van der Waals surface area contributed by atoms with E-state index < -0.39 is 0 Å². The van der Waals surface area contributed by atoms with Gasteiger partial charge < -0.3 is 9.72 Å². The number of ether oxygens (including phenoxy) is 1. The van der Waals surface area contributed by atoms with Crippen LogP contribution in [-0.4, -0.2) is 17.1 Å². The zero-order chi connectivity index (χ0) is 16.4. The number of methoxy groups -OCH3 is 1. The normalized spacial score (nSPS) is 11.7. The molecule has 0 saturated heterocycles. The molecule has 3 rings (SSSR count). The molecule has 0 saturated carbocycles. The second-order valence-corrected chi connectivity index (χ2v) is 5.69. The number of halogens is 2. The number of rotatable bonds is 3. The average Bonchev–Trinajstić information content (AvgIpc) is 2.54. The summed E-state index contributed by atoms with van der Waals surface area (Å²) < 4.78 is 5.17. The van der Waals surface area contributed by atoms with E-state index in [1.165, 1.54) is 0 Å². The molecule has 0 radical (unpaired) electrons. The first-order valence-corrected chi connectivity index (χ1v) is 7.53. The molecule has 4 nitrogen and oxygen atoms in total. The van der Waals surface area contributed by atoms with E-state index in [4.69, 9.17) is 27.9 Å². The maximum Gasteiger partial charge on any atom is 0.259 e. The number of aromatic nitrogens is 2. The van der Waals surface area contributed by atoms with Crippen LogP contribution < -0.4 is 10.3 Å². The number of H-pyrrole nitrogens is 1. The van der Waals surface area contributed by atoms with Crippen LogP contribution in [0.15, 0.2) is 47.3 Å². The van der Waals surface area contributed by atoms with Crippen molar-refractivity contribution in [3.8, 4) is 5.75 Å². The molecule has 0 bridgehead atoms. The Morgan fingerprint density at radius 2 is 2.09 bits per heavy atom. The Labute approximate surface area is 142 Å². The van der Waals surface area contributed by atoms with E-state index in [9.17, 15) is 4.79 Å². The van der Waals surface area contributed by atoms with Crippen molar-refractivity contribution in [2.24, 2.45) is 0 Å². The third-order valence-corrected chi connectivity index (χ3v) is 3.81. The lowest BCUT2D eigenvalue weighted by Gasteiger charge is -2.04. The van der Waals surface area contributed by atoms with Crippen LogP contribution in [0, 0.1) is 0 Å². The molecule has 23 heavy (non-hydrogen) atoms. The van der Waals surface area contributed by atoms with Crippen molar-refractivity contribution in [2.75, 3.05) is 7.11 Å². The molecule has 3 aromatic rings. The van der Waals surface area contributed by atoms with Gasteiger partial charge in [-0.25, -0.2) is 4.98 Å². The standard InChI is InChI=1S/C17H12Cl2N2O2/c1-23-12-4-2-3-10(7-12)8-14(19)16-20-15-9-11(18)5-6-13(15)17(22)21-16/h2-9H,1H3,(H,20,21,22)/b14-8-. The molecule has 0 aliphatic heterocycles. The molecule has 0 unspecified atom stereocenters. The summed E-state index contributed by atoms with van der Waals surface area (Å²) in [7, 11) is 1.59.